The highest BCUT2D eigenvalue weighted by Crippen LogP contribution is 1.96. The van der Waals surface area contributed by atoms with Gasteiger partial charge in [0.1, 0.15) is 0 Å². The zero-order valence-corrected chi connectivity index (χ0v) is 11.1. The molecule has 0 saturated heterocycles. The molecule has 0 radical (unpaired) electrons. The molecule has 0 atom stereocenters. The van der Waals surface area contributed by atoms with E-state index in [0.29, 0.717) is 39.1 Å². The van der Waals surface area contributed by atoms with Gasteiger partial charge in [0.25, 0.3) is 0 Å². The molecule has 0 spiro atoms. The lowest BCUT2D eigenvalue weighted by molar-refractivity contribution is -0.131. The molecule has 0 aliphatic carbocycles. The van der Waals surface area contributed by atoms with Crippen LogP contribution in [0.1, 0.15) is 12.8 Å². The van der Waals surface area contributed by atoms with Crippen molar-refractivity contribution in [3.05, 3.63) is 0 Å². The van der Waals surface area contributed by atoms with Crippen LogP contribution in [0.4, 0.5) is 0 Å². The first-order valence-corrected chi connectivity index (χ1v) is 5.84. The topological polar surface area (TPSA) is 80.4 Å². The van der Waals surface area contributed by atoms with Crippen molar-refractivity contribution in [3.8, 4) is 12.1 Å². The summed E-state index contributed by atoms with van der Waals surface area (Å²) in [6.07, 6.45) is 0.720. The normalized spacial score (nSPS) is 9.83. The van der Waals surface area contributed by atoms with E-state index in [0.717, 1.165) is 0 Å². The molecule has 6 nitrogen and oxygen atoms in total. The second-order valence-corrected chi connectivity index (χ2v) is 3.90. The van der Waals surface area contributed by atoms with E-state index >= 15 is 0 Å². The number of carbonyl (C=O) groups is 1. The molecule has 18 heavy (non-hydrogen) atoms. The Morgan fingerprint density at radius 3 is 2.33 bits per heavy atom. The average Bonchev–Trinajstić information content (AvgIpc) is 2.38. The zero-order chi connectivity index (χ0) is 13.8. The van der Waals surface area contributed by atoms with E-state index in [4.69, 9.17) is 15.3 Å². The van der Waals surface area contributed by atoms with Gasteiger partial charge in [0.15, 0.2) is 0 Å². The van der Waals surface area contributed by atoms with E-state index in [1.165, 1.54) is 4.90 Å². The first kappa shape index (κ1) is 16.4. The maximum absolute atomic E-state index is 11.8. The van der Waals surface area contributed by atoms with E-state index in [2.05, 4.69) is 6.07 Å². The van der Waals surface area contributed by atoms with Gasteiger partial charge in [0, 0.05) is 40.2 Å². The summed E-state index contributed by atoms with van der Waals surface area (Å²) in [7, 11) is 3.28. The molecular weight excluding hydrogens is 232 g/mol. The number of carbonyl (C=O) groups excluding carboxylic acids is 1. The van der Waals surface area contributed by atoms with Crippen LogP contribution in [0, 0.1) is 22.7 Å². The van der Waals surface area contributed by atoms with Crippen LogP contribution in [0.15, 0.2) is 0 Å². The fourth-order valence-corrected chi connectivity index (χ4v) is 1.35. The molecule has 0 aromatic heterocycles. The summed E-state index contributed by atoms with van der Waals surface area (Å²) in [5.41, 5.74) is 0. The smallest absolute Gasteiger partial charge is 0.236 e. The van der Waals surface area contributed by atoms with Crippen molar-refractivity contribution in [1.29, 1.82) is 10.5 Å². The summed E-state index contributed by atoms with van der Waals surface area (Å²) in [5.74, 6) is -0.0423. The third-order valence-electron chi connectivity index (χ3n) is 2.50. The first-order valence-electron chi connectivity index (χ1n) is 5.84. The van der Waals surface area contributed by atoms with Crippen molar-refractivity contribution in [2.45, 2.75) is 12.8 Å². The highest BCUT2D eigenvalue weighted by Gasteiger charge is 2.13. The van der Waals surface area contributed by atoms with Gasteiger partial charge in [-0.3, -0.25) is 9.69 Å². The summed E-state index contributed by atoms with van der Waals surface area (Å²) in [5, 5.41) is 17.0. The van der Waals surface area contributed by atoms with Crippen LogP contribution < -0.4 is 0 Å². The number of ether oxygens (including phenoxy) is 1. The predicted octanol–water partition coefficient (Wildman–Crippen LogP) is 0.221. The van der Waals surface area contributed by atoms with E-state index in [9.17, 15) is 4.79 Å². The lowest BCUT2D eigenvalue weighted by Gasteiger charge is -2.23. The molecular formula is C12H20N4O2. The highest BCUT2D eigenvalue weighted by atomic mass is 16.5. The number of rotatable bonds is 9. The molecule has 0 rings (SSSR count). The lowest BCUT2D eigenvalue weighted by atomic mass is 10.3. The largest absolute Gasteiger partial charge is 0.383 e. The Labute approximate surface area is 108 Å². The van der Waals surface area contributed by atoms with Crippen molar-refractivity contribution < 1.29 is 9.53 Å². The minimum atomic E-state index is -0.0423. The van der Waals surface area contributed by atoms with E-state index < -0.39 is 0 Å². The van der Waals surface area contributed by atoms with Crippen molar-refractivity contribution in [2.75, 3.05) is 46.9 Å². The summed E-state index contributed by atoms with van der Waals surface area (Å²) in [4.78, 5) is 15.3. The van der Waals surface area contributed by atoms with Crippen LogP contribution in [0.25, 0.3) is 0 Å². The second-order valence-electron chi connectivity index (χ2n) is 3.90. The van der Waals surface area contributed by atoms with Crippen molar-refractivity contribution in [2.24, 2.45) is 0 Å². The lowest BCUT2D eigenvalue weighted by Crippen LogP contribution is -2.40. The minimum Gasteiger partial charge on any atom is -0.383 e. The molecule has 0 N–H and O–H groups in total. The van der Waals surface area contributed by atoms with Crippen LogP contribution in [0.5, 0.6) is 0 Å². The van der Waals surface area contributed by atoms with E-state index in [1.54, 1.807) is 14.2 Å². The van der Waals surface area contributed by atoms with Crippen LogP contribution >= 0.6 is 0 Å². The van der Waals surface area contributed by atoms with Crippen LogP contribution in [0.3, 0.4) is 0 Å². The van der Waals surface area contributed by atoms with Gasteiger partial charge in [-0.2, -0.15) is 10.5 Å². The molecule has 1 amide bonds. The van der Waals surface area contributed by atoms with E-state index in [-0.39, 0.29) is 12.5 Å². The van der Waals surface area contributed by atoms with Crippen LogP contribution in [-0.4, -0.2) is 62.7 Å². The molecule has 100 valence electrons. The maximum Gasteiger partial charge on any atom is 0.236 e. The van der Waals surface area contributed by atoms with Crippen molar-refractivity contribution in [1.82, 2.24) is 9.80 Å². The third kappa shape index (κ3) is 7.61. The molecule has 0 aromatic carbocycles. The standard InChI is InChI=1S/C12H20N4O2/c1-15(7-3-5-13)12(17)11-16(8-4-6-14)9-10-18-2/h3-4,7-11H2,1-2H3. The van der Waals surface area contributed by atoms with Gasteiger partial charge in [0.2, 0.25) is 5.91 Å². The molecule has 0 unspecified atom stereocenters. The molecule has 0 aromatic rings. The average molecular weight is 252 g/mol. The quantitative estimate of drug-likeness (QED) is 0.586. The summed E-state index contributed by atoms with van der Waals surface area (Å²) >= 11 is 0. The van der Waals surface area contributed by atoms with Gasteiger partial charge in [-0.25, -0.2) is 0 Å². The number of hydrogen-bond donors (Lipinski definition) is 0. The van der Waals surface area contributed by atoms with Gasteiger partial charge in [-0.15, -0.1) is 0 Å². The van der Waals surface area contributed by atoms with Crippen LogP contribution in [-0.2, 0) is 9.53 Å². The zero-order valence-electron chi connectivity index (χ0n) is 11.1. The number of amides is 1. The molecule has 0 heterocycles. The number of methoxy groups -OCH3 is 1. The molecule has 6 heteroatoms. The molecule has 0 saturated carbocycles. The van der Waals surface area contributed by atoms with Crippen LogP contribution in [0.2, 0.25) is 0 Å². The fraction of sp³-hybridized carbons (Fsp3) is 0.750. The summed E-state index contributed by atoms with van der Waals surface area (Å²) < 4.78 is 4.97. The van der Waals surface area contributed by atoms with Gasteiger partial charge >= 0.3 is 0 Å². The number of nitrogens with zero attached hydrogens (tertiary/aromatic N) is 4. The minimum absolute atomic E-state index is 0.0423. The fourth-order valence-electron chi connectivity index (χ4n) is 1.35. The summed E-state index contributed by atoms with van der Waals surface area (Å²) in [6.45, 7) is 2.40. The van der Waals surface area contributed by atoms with Crippen molar-refractivity contribution in [3.63, 3.8) is 0 Å². The monoisotopic (exact) mass is 252 g/mol. The highest BCUT2D eigenvalue weighted by molar-refractivity contribution is 5.78. The van der Waals surface area contributed by atoms with Gasteiger partial charge in [-0.05, 0) is 0 Å². The Hall–Kier alpha value is -1.63. The SMILES string of the molecule is COCCN(CCC#N)CC(=O)N(C)CCC#N. The Kier molecular flexibility index (Phi) is 9.57. The number of hydrogen-bond acceptors (Lipinski definition) is 5. The molecule has 0 aliphatic rings. The van der Waals surface area contributed by atoms with Gasteiger partial charge in [-0.1, -0.05) is 0 Å². The van der Waals surface area contributed by atoms with Crippen molar-refractivity contribution >= 4 is 5.91 Å². The number of nitriles is 2. The Bertz CT molecular complexity index is 319. The van der Waals surface area contributed by atoms with Gasteiger partial charge < -0.3 is 9.64 Å². The first-order chi connectivity index (χ1) is 8.65. The number of likely N-dealkylation sites (N-methyl/N-ethyl adjacent to an activating group) is 1. The Morgan fingerprint density at radius 1 is 1.17 bits per heavy atom. The second kappa shape index (κ2) is 10.5. The molecule has 0 aliphatic heterocycles. The molecule has 0 fully saturated rings. The maximum atomic E-state index is 11.8. The Morgan fingerprint density at radius 2 is 1.78 bits per heavy atom. The van der Waals surface area contributed by atoms with Gasteiger partial charge in [0.05, 0.1) is 31.7 Å². The van der Waals surface area contributed by atoms with E-state index in [1.807, 2.05) is 11.0 Å². The molecule has 0 bridgehead atoms. The summed E-state index contributed by atoms with van der Waals surface area (Å²) in [6, 6.07) is 4.07. The predicted molar refractivity (Wildman–Crippen MR) is 66.4 cm³/mol. The Balaban J connectivity index is 4.16. The third-order valence-corrected chi connectivity index (χ3v) is 2.50.